The molecule has 1 rings (SSSR count). The second kappa shape index (κ2) is 6.48. The van der Waals surface area contributed by atoms with E-state index in [9.17, 15) is 14.5 Å². The zero-order valence-electron chi connectivity index (χ0n) is 10.6. The number of halogens is 2. The van der Waals surface area contributed by atoms with E-state index in [1.165, 1.54) is 6.07 Å². The third-order valence-electron chi connectivity index (χ3n) is 2.65. The van der Waals surface area contributed by atoms with Gasteiger partial charge in [0.25, 0.3) is 5.69 Å². The molecular weight excluding hydrogens is 317 g/mol. The van der Waals surface area contributed by atoms with E-state index < -0.39 is 10.7 Å². The van der Waals surface area contributed by atoms with Crippen molar-refractivity contribution in [3.05, 3.63) is 32.5 Å². The Balaban J connectivity index is 3.26. The van der Waals surface area contributed by atoms with Gasteiger partial charge >= 0.3 is 0 Å². The number of anilines is 1. The van der Waals surface area contributed by atoms with Crippen LogP contribution in [0.3, 0.4) is 0 Å². The first kappa shape index (κ1) is 15.4. The number of hydrogen-bond acceptors (Lipinski definition) is 4. The number of nitriles is 1. The quantitative estimate of drug-likeness (QED) is 0.612. The molecule has 0 amide bonds. The average Bonchev–Trinajstić information content (AvgIpc) is 2.38. The summed E-state index contributed by atoms with van der Waals surface area (Å²) in [5.74, 6) is -0.955. The predicted molar refractivity (Wildman–Crippen MR) is 73.4 cm³/mol. The molecule has 1 unspecified atom stereocenters. The number of benzene rings is 1. The highest BCUT2D eigenvalue weighted by atomic mass is 79.9. The monoisotopic (exact) mass is 329 g/mol. The van der Waals surface area contributed by atoms with Gasteiger partial charge in [0, 0.05) is 13.1 Å². The molecule has 0 fully saturated rings. The highest BCUT2D eigenvalue weighted by Crippen LogP contribution is 2.33. The van der Waals surface area contributed by atoms with Crippen molar-refractivity contribution in [3.63, 3.8) is 0 Å². The van der Waals surface area contributed by atoms with Crippen molar-refractivity contribution in [2.75, 3.05) is 18.0 Å². The Hall–Kier alpha value is -1.68. The summed E-state index contributed by atoms with van der Waals surface area (Å²) in [6, 6.07) is 4.34. The van der Waals surface area contributed by atoms with Crippen molar-refractivity contribution in [1.82, 2.24) is 0 Å². The smallest absolute Gasteiger partial charge is 0.295 e. The largest absolute Gasteiger partial charge is 0.365 e. The third kappa shape index (κ3) is 3.64. The fourth-order valence-corrected chi connectivity index (χ4v) is 2.03. The van der Waals surface area contributed by atoms with Crippen LogP contribution in [-0.4, -0.2) is 18.0 Å². The fourth-order valence-electron chi connectivity index (χ4n) is 1.69. The summed E-state index contributed by atoms with van der Waals surface area (Å²) in [4.78, 5) is 12.1. The van der Waals surface area contributed by atoms with Crippen molar-refractivity contribution in [2.45, 2.75) is 13.8 Å². The van der Waals surface area contributed by atoms with E-state index in [1.54, 1.807) is 11.8 Å². The summed E-state index contributed by atoms with van der Waals surface area (Å²) < 4.78 is 13.6. The molecule has 0 N–H and O–H groups in total. The van der Waals surface area contributed by atoms with Crippen molar-refractivity contribution in [2.24, 2.45) is 5.92 Å². The molecular formula is C12H13BrFN3O2. The van der Waals surface area contributed by atoms with Gasteiger partial charge < -0.3 is 4.90 Å². The maximum atomic E-state index is 13.4. The number of nitro groups is 1. The summed E-state index contributed by atoms with van der Waals surface area (Å²) >= 11 is 3.02. The van der Waals surface area contributed by atoms with Crippen LogP contribution in [-0.2, 0) is 0 Å². The fraction of sp³-hybridized carbons (Fsp3) is 0.417. The van der Waals surface area contributed by atoms with E-state index in [-0.39, 0.29) is 16.1 Å². The SMILES string of the molecule is CCN(CC(C)C#N)c1cc(Br)c(F)cc1[N+](=O)[O-]. The topological polar surface area (TPSA) is 70.2 Å². The van der Waals surface area contributed by atoms with Gasteiger partial charge in [-0.25, -0.2) is 4.39 Å². The summed E-state index contributed by atoms with van der Waals surface area (Å²) in [6.45, 7) is 4.40. The van der Waals surface area contributed by atoms with Crippen LogP contribution in [0, 0.1) is 33.2 Å². The molecule has 7 heteroatoms. The molecule has 0 saturated carbocycles. The minimum atomic E-state index is -0.681. The van der Waals surface area contributed by atoms with Crippen LogP contribution >= 0.6 is 15.9 Å². The molecule has 1 aromatic rings. The van der Waals surface area contributed by atoms with Gasteiger partial charge in [0.2, 0.25) is 0 Å². The first-order valence-corrected chi connectivity index (χ1v) is 6.48. The molecule has 0 aliphatic rings. The predicted octanol–water partition coefficient (Wildman–Crippen LogP) is 3.48. The van der Waals surface area contributed by atoms with Gasteiger partial charge in [-0.15, -0.1) is 0 Å². The maximum absolute atomic E-state index is 13.4. The standard InChI is InChI=1S/C12H13BrFN3O2/c1-3-16(7-8(2)6-15)11-4-9(13)10(14)5-12(11)17(18)19/h4-5,8H,3,7H2,1-2H3. The summed E-state index contributed by atoms with van der Waals surface area (Å²) in [6.07, 6.45) is 0. The molecule has 0 aromatic heterocycles. The Morgan fingerprint density at radius 2 is 2.26 bits per heavy atom. The lowest BCUT2D eigenvalue weighted by Crippen LogP contribution is -2.28. The second-order valence-corrected chi connectivity index (χ2v) is 4.94. The number of nitro benzene ring substituents is 1. The van der Waals surface area contributed by atoms with Gasteiger partial charge in [0.05, 0.1) is 27.4 Å². The van der Waals surface area contributed by atoms with Gasteiger partial charge in [-0.2, -0.15) is 5.26 Å². The summed E-state index contributed by atoms with van der Waals surface area (Å²) in [5, 5.41) is 19.8. The highest BCUT2D eigenvalue weighted by molar-refractivity contribution is 9.10. The van der Waals surface area contributed by atoms with Crippen LogP contribution in [0.2, 0.25) is 0 Å². The van der Waals surface area contributed by atoms with E-state index in [4.69, 9.17) is 5.26 Å². The van der Waals surface area contributed by atoms with Crippen molar-refractivity contribution >= 4 is 27.3 Å². The molecule has 0 aliphatic carbocycles. The number of rotatable bonds is 5. The Morgan fingerprint density at radius 3 is 2.74 bits per heavy atom. The molecule has 19 heavy (non-hydrogen) atoms. The molecule has 0 spiro atoms. The molecule has 1 atom stereocenters. The Bertz CT molecular complexity index is 530. The van der Waals surface area contributed by atoms with Crippen LogP contribution in [0.15, 0.2) is 16.6 Å². The van der Waals surface area contributed by atoms with E-state index in [1.807, 2.05) is 6.92 Å². The lowest BCUT2D eigenvalue weighted by molar-refractivity contribution is -0.384. The van der Waals surface area contributed by atoms with E-state index in [2.05, 4.69) is 22.0 Å². The minimum absolute atomic E-state index is 0.163. The average molecular weight is 330 g/mol. The van der Waals surface area contributed by atoms with Crippen LogP contribution < -0.4 is 4.90 Å². The molecule has 0 heterocycles. The van der Waals surface area contributed by atoms with Gasteiger partial charge in [-0.1, -0.05) is 0 Å². The van der Waals surface area contributed by atoms with E-state index in [0.29, 0.717) is 18.8 Å². The zero-order chi connectivity index (χ0) is 14.6. The first-order chi connectivity index (χ1) is 8.90. The molecule has 102 valence electrons. The molecule has 0 saturated heterocycles. The zero-order valence-corrected chi connectivity index (χ0v) is 12.1. The normalized spacial score (nSPS) is 11.7. The van der Waals surface area contributed by atoms with Crippen LogP contribution in [0.25, 0.3) is 0 Å². The van der Waals surface area contributed by atoms with Gasteiger partial charge in [-0.3, -0.25) is 10.1 Å². The molecule has 0 bridgehead atoms. The lowest BCUT2D eigenvalue weighted by Gasteiger charge is -2.24. The number of nitrogens with zero attached hydrogens (tertiary/aromatic N) is 3. The molecule has 0 aliphatic heterocycles. The molecule has 1 aromatic carbocycles. The van der Waals surface area contributed by atoms with Crippen molar-refractivity contribution < 1.29 is 9.31 Å². The van der Waals surface area contributed by atoms with Gasteiger partial charge in [0.1, 0.15) is 11.5 Å². The van der Waals surface area contributed by atoms with Crippen molar-refractivity contribution in [3.8, 4) is 6.07 Å². The minimum Gasteiger partial charge on any atom is -0.365 e. The first-order valence-electron chi connectivity index (χ1n) is 5.68. The van der Waals surface area contributed by atoms with E-state index in [0.717, 1.165) is 6.07 Å². The second-order valence-electron chi connectivity index (χ2n) is 4.08. The van der Waals surface area contributed by atoms with Crippen LogP contribution in [0.5, 0.6) is 0 Å². The van der Waals surface area contributed by atoms with Gasteiger partial charge in [0.15, 0.2) is 0 Å². The Kier molecular flexibility index (Phi) is 5.24. The third-order valence-corrected chi connectivity index (χ3v) is 3.26. The van der Waals surface area contributed by atoms with Crippen LogP contribution in [0.1, 0.15) is 13.8 Å². The van der Waals surface area contributed by atoms with E-state index >= 15 is 0 Å². The lowest BCUT2D eigenvalue weighted by atomic mass is 10.1. The Morgan fingerprint density at radius 1 is 1.63 bits per heavy atom. The summed E-state index contributed by atoms with van der Waals surface area (Å²) in [5.41, 5.74) is 0.00978. The highest BCUT2D eigenvalue weighted by Gasteiger charge is 2.22. The summed E-state index contributed by atoms with van der Waals surface area (Å²) in [7, 11) is 0. The number of hydrogen-bond donors (Lipinski definition) is 0. The Labute approximate surface area is 118 Å². The van der Waals surface area contributed by atoms with Crippen LogP contribution in [0.4, 0.5) is 15.8 Å². The molecule has 5 nitrogen and oxygen atoms in total. The maximum Gasteiger partial charge on any atom is 0.295 e. The van der Waals surface area contributed by atoms with Crippen molar-refractivity contribution in [1.29, 1.82) is 5.26 Å². The molecule has 0 radical (unpaired) electrons. The van der Waals surface area contributed by atoms with Gasteiger partial charge in [-0.05, 0) is 35.8 Å².